The number of aliphatic hydroxyl groups excluding tert-OH is 1. The highest BCUT2D eigenvalue weighted by Crippen LogP contribution is 2.42. The average Bonchev–Trinajstić information content (AvgIpc) is 3.31. The van der Waals surface area contributed by atoms with Gasteiger partial charge >= 0.3 is 0 Å². The lowest BCUT2D eigenvalue weighted by molar-refractivity contribution is -0.132. The van der Waals surface area contributed by atoms with Crippen LogP contribution in [0, 0.1) is 13.8 Å². The molecule has 1 unspecified atom stereocenters. The van der Waals surface area contributed by atoms with E-state index in [4.69, 9.17) is 16.0 Å². The van der Waals surface area contributed by atoms with Crippen molar-refractivity contribution in [3.05, 3.63) is 93.9 Å². The van der Waals surface area contributed by atoms with Crippen molar-refractivity contribution in [3.8, 4) is 0 Å². The first-order chi connectivity index (χ1) is 13.9. The molecular formula is C23H18ClNO4. The SMILES string of the molecule is Cc1ccc(/C(O)=C2/C(=O)C(=O)N(c3cccc(Cl)c3)C2c2ccco2)cc1C. The first kappa shape index (κ1) is 19.0. The lowest BCUT2D eigenvalue weighted by atomic mass is 9.97. The Morgan fingerprint density at radius 2 is 1.83 bits per heavy atom. The van der Waals surface area contributed by atoms with Crippen LogP contribution in [0.2, 0.25) is 5.02 Å². The number of anilines is 1. The number of hydrogen-bond donors (Lipinski definition) is 1. The van der Waals surface area contributed by atoms with Gasteiger partial charge in [0.25, 0.3) is 11.7 Å². The Kier molecular flexibility index (Phi) is 4.76. The molecular weight excluding hydrogens is 390 g/mol. The second kappa shape index (κ2) is 7.26. The van der Waals surface area contributed by atoms with Crippen LogP contribution < -0.4 is 4.90 Å². The van der Waals surface area contributed by atoms with Crippen molar-refractivity contribution in [1.29, 1.82) is 0 Å². The molecule has 4 rings (SSSR count). The minimum atomic E-state index is -0.898. The van der Waals surface area contributed by atoms with Gasteiger partial charge in [0.1, 0.15) is 17.6 Å². The maximum Gasteiger partial charge on any atom is 0.300 e. The second-order valence-electron chi connectivity index (χ2n) is 6.96. The Morgan fingerprint density at radius 3 is 2.48 bits per heavy atom. The number of Topliss-reactive ketones (excluding diaryl/α,β-unsaturated/α-hetero) is 1. The molecule has 1 saturated heterocycles. The fraction of sp³-hybridized carbons (Fsp3) is 0.130. The van der Waals surface area contributed by atoms with Crippen LogP contribution >= 0.6 is 11.6 Å². The summed E-state index contributed by atoms with van der Waals surface area (Å²) >= 11 is 6.10. The summed E-state index contributed by atoms with van der Waals surface area (Å²) in [5, 5.41) is 11.5. The standard InChI is InChI=1S/C23H18ClNO4/c1-13-8-9-15(11-14(13)2)21(26)19-20(18-7-4-10-29-18)25(23(28)22(19)27)17-6-3-5-16(24)12-17/h3-12,20,26H,1-2H3/b21-19-. The molecule has 0 spiro atoms. The number of amides is 1. The summed E-state index contributed by atoms with van der Waals surface area (Å²) in [6.45, 7) is 3.88. The second-order valence-corrected chi connectivity index (χ2v) is 7.40. The van der Waals surface area contributed by atoms with E-state index >= 15 is 0 Å². The van der Waals surface area contributed by atoms with Crippen molar-refractivity contribution < 1.29 is 19.1 Å². The number of rotatable bonds is 3. The van der Waals surface area contributed by atoms with E-state index in [0.717, 1.165) is 11.1 Å². The average molecular weight is 408 g/mol. The van der Waals surface area contributed by atoms with Gasteiger partial charge in [-0.25, -0.2) is 0 Å². The minimum absolute atomic E-state index is 0.0202. The minimum Gasteiger partial charge on any atom is -0.507 e. The molecule has 1 aliphatic rings. The Labute approximate surface area is 172 Å². The summed E-state index contributed by atoms with van der Waals surface area (Å²) in [4.78, 5) is 27.2. The van der Waals surface area contributed by atoms with Gasteiger partial charge < -0.3 is 9.52 Å². The number of halogens is 1. The topological polar surface area (TPSA) is 70.8 Å². The van der Waals surface area contributed by atoms with Gasteiger partial charge in [-0.2, -0.15) is 0 Å². The van der Waals surface area contributed by atoms with Crippen molar-refractivity contribution in [1.82, 2.24) is 0 Å². The predicted molar refractivity (Wildman–Crippen MR) is 111 cm³/mol. The van der Waals surface area contributed by atoms with E-state index < -0.39 is 17.7 Å². The summed E-state index contributed by atoms with van der Waals surface area (Å²) in [5.41, 5.74) is 2.92. The van der Waals surface area contributed by atoms with Gasteiger partial charge in [-0.1, -0.05) is 29.8 Å². The third-order valence-corrected chi connectivity index (χ3v) is 5.36. The van der Waals surface area contributed by atoms with Gasteiger partial charge in [0.15, 0.2) is 0 Å². The third kappa shape index (κ3) is 3.23. The molecule has 6 heteroatoms. The van der Waals surface area contributed by atoms with E-state index in [9.17, 15) is 14.7 Å². The summed E-state index contributed by atoms with van der Waals surface area (Å²) in [6, 6.07) is 14.5. The quantitative estimate of drug-likeness (QED) is 0.369. The number of ketones is 1. The van der Waals surface area contributed by atoms with Crippen molar-refractivity contribution in [3.63, 3.8) is 0 Å². The molecule has 2 aromatic carbocycles. The summed E-state index contributed by atoms with van der Waals surface area (Å²) < 4.78 is 5.53. The van der Waals surface area contributed by atoms with E-state index in [1.54, 1.807) is 48.5 Å². The van der Waals surface area contributed by atoms with E-state index in [0.29, 0.717) is 22.0 Å². The van der Waals surface area contributed by atoms with Crippen LogP contribution in [0.5, 0.6) is 0 Å². The van der Waals surface area contributed by atoms with Crippen molar-refractivity contribution in [2.75, 3.05) is 4.90 Å². The number of aliphatic hydroxyl groups is 1. The zero-order valence-corrected chi connectivity index (χ0v) is 16.6. The monoisotopic (exact) mass is 407 g/mol. The molecule has 5 nitrogen and oxygen atoms in total. The van der Waals surface area contributed by atoms with Gasteiger partial charge in [-0.3, -0.25) is 14.5 Å². The molecule has 3 aromatic rings. The molecule has 1 aromatic heterocycles. The summed E-state index contributed by atoms with van der Waals surface area (Å²) in [7, 11) is 0. The molecule has 1 aliphatic heterocycles. The summed E-state index contributed by atoms with van der Waals surface area (Å²) in [6.07, 6.45) is 1.46. The number of aryl methyl sites for hydroxylation is 2. The van der Waals surface area contributed by atoms with Crippen molar-refractivity contribution >= 4 is 34.7 Å². The molecule has 1 N–H and O–H groups in total. The van der Waals surface area contributed by atoms with E-state index in [-0.39, 0.29) is 11.3 Å². The fourth-order valence-corrected chi connectivity index (χ4v) is 3.67. The van der Waals surface area contributed by atoms with Crippen LogP contribution in [0.25, 0.3) is 5.76 Å². The van der Waals surface area contributed by atoms with Crippen LogP contribution in [0.4, 0.5) is 5.69 Å². The summed E-state index contributed by atoms with van der Waals surface area (Å²) in [5.74, 6) is -1.40. The Morgan fingerprint density at radius 1 is 1.03 bits per heavy atom. The van der Waals surface area contributed by atoms with Crippen LogP contribution in [-0.2, 0) is 9.59 Å². The van der Waals surface area contributed by atoms with Crippen molar-refractivity contribution in [2.24, 2.45) is 0 Å². The third-order valence-electron chi connectivity index (χ3n) is 5.12. The lowest BCUT2D eigenvalue weighted by Gasteiger charge is -2.23. The number of benzene rings is 2. The molecule has 0 saturated carbocycles. The molecule has 1 fully saturated rings. The molecule has 1 atom stereocenters. The highest BCUT2D eigenvalue weighted by molar-refractivity contribution is 6.51. The number of nitrogens with zero attached hydrogens (tertiary/aromatic N) is 1. The smallest absolute Gasteiger partial charge is 0.300 e. The van der Waals surface area contributed by atoms with Gasteiger partial charge in [-0.15, -0.1) is 0 Å². The first-order valence-corrected chi connectivity index (χ1v) is 9.44. The number of carbonyl (C=O) groups excluding carboxylic acids is 2. The van der Waals surface area contributed by atoms with Crippen molar-refractivity contribution in [2.45, 2.75) is 19.9 Å². The molecule has 146 valence electrons. The van der Waals surface area contributed by atoms with Crippen LogP contribution in [0.3, 0.4) is 0 Å². The lowest BCUT2D eigenvalue weighted by Crippen LogP contribution is -2.29. The normalized spacial score (nSPS) is 18.4. The van der Waals surface area contributed by atoms with Crippen LogP contribution in [-0.4, -0.2) is 16.8 Å². The largest absolute Gasteiger partial charge is 0.507 e. The maximum atomic E-state index is 13.0. The maximum absolute atomic E-state index is 13.0. The molecule has 1 amide bonds. The number of carbonyl (C=O) groups is 2. The molecule has 29 heavy (non-hydrogen) atoms. The highest BCUT2D eigenvalue weighted by atomic mass is 35.5. The Balaban J connectivity index is 1.94. The fourth-order valence-electron chi connectivity index (χ4n) is 3.49. The van der Waals surface area contributed by atoms with Crippen LogP contribution in [0.15, 0.2) is 70.9 Å². The zero-order chi connectivity index (χ0) is 20.7. The van der Waals surface area contributed by atoms with Gasteiger partial charge in [0.2, 0.25) is 0 Å². The first-order valence-electron chi connectivity index (χ1n) is 9.06. The number of furan rings is 1. The van der Waals surface area contributed by atoms with Gasteiger partial charge in [0.05, 0.1) is 11.8 Å². The molecule has 0 radical (unpaired) electrons. The molecule has 0 aliphatic carbocycles. The van der Waals surface area contributed by atoms with Gasteiger partial charge in [-0.05, 0) is 61.4 Å². The van der Waals surface area contributed by atoms with E-state index in [1.165, 1.54) is 11.2 Å². The molecule has 2 heterocycles. The van der Waals surface area contributed by atoms with E-state index in [1.807, 2.05) is 19.9 Å². The van der Waals surface area contributed by atoms with Crippen LogP contribution in [0.1, 0.15) is 28.5 Å². The predicted octanol–water partition coefficient (Wildman–Crippen LogP) is 5.18. The zero-order valence-electron chi connectivity index (χ0n) is 15.8. The molecule has 0 bridgehead atoms. The highest BCUT2D eigenvalue weighted by Gasteiger charge is 2.48. The van der Waals surface area contributed by atoms with E-state index in [2.05, 4.69) is 0 Å². The number of hydrogen-bond acceptors (Lipinski definition) is 4. The van der Waals surface area contributed by atoms with Gasteiger partial charge in [0, 0.05) is 16.3 Å². The Hall–Kier alpha value is -3.31. The Bertz CT molecular complexity index is 1150.